The van der Waals surface area contributed by atoms with Crippen molar-refractivity contribution in [1.82, 2.24) is 15.2 Å². The molecule has 5 heteroatoms. The minimum atomic E-state index is -0.694. The predicted molar refractivity (Wildman–Crippen MR) is 130 cm³/mol. The summed E-state index contributed by atoms with van der Waals surface area (Å²) in [5, 5.41) is 13.6. The lowest BCUT2D eigenvalue weighted by Crippen LogP contribution is -2.63. The zero-order valence-electron chi connectivity index (χ0n) is 19.9. The van der Waals surface area contributed by atoms with Gasteiger partial charge in [0, 0.05) is 36.9 Å². The molecule has 1 aromatic heterocycles. The van der Waals surface area contributed by atoms with Crippen LogP contribution in [0.15, 0.2) is 48.8 Å². The summed E-state index contributed by atoms with van der Waals surface area (Å²) in [7, 11) is 0. The highest BCUT2D eigenvalue weighted by atomic mass is 16.3. The molecule has 2 fully saturated rings. The van der Waals surface area contributed by atoms with Crippen molar-refractivity contribution < 1.29 is 9.90 Å². The number of fused-ring (bicyclic) bond motifs is 2. The van der Waals surface area contributed by atoms with E-state index in [1.807, 2.05) is 19.2 Å². The van der Waals surface area contributed by atoms with Crippen molar-refractivity contribution in [3.63, 3.8) is 0 Å². The maximum absolute atomic E-state index is 13.2. The molecule has 2 N–H and O–H groups in total. The molecule has 174 valence electrons. The van der Waals surface area contributed by atoms with E-state index >= 15 is 0 Å². The van der Waals surface area contributed by atoms with Crippen molar-refractivity contribution >= 4 is 12.0 Å². The number of amides is 1. The number of aromatic nitrogens is 1. The summed E-state index contributed by atoms with van der Waals surface area (Å²) in [5.74, 6) is 0.472. The van der Waals surface area contributed by atoms with Crippen LogP contribution in [0.25, 0.3) is 6.08 Å². The molecule has 1 amide bonds. The lowest BCUT2D eigenvalue weighted by atomic mass is 9.60. The largest absolute Gasteiger partial charge is 0.392 e. The molecule has 3 aliphatic rings. The Kier molecular flexibility index (Phi) is 5.66. The summed E-state index contributed by atoms with van der Waals surface area (Å²) in [4.78, 5) is 19.9. The van der Waals surface area contributed by atoms with E-state index in [0.717, 1.165) is 30.6 Å². The van der Waals surface area contributed by atoms with Crippen molar-refractivity contribution in [2.75, 3.05) is 13.1 Å². The normalized spacial score (nSPS) is 31.8. The van der Waals surface area contributed by atoms with Crippen molar-refractivity contribution in [3.05, 3.63) is 71.1 Å². The Bertz CT molecular complexity index is 1070. The lowest BCUT2D eigenvalue weighted by Gasteiger charge is -2.55. The molecule has 1 saturated carbocycles. The van der Waals surface area contributed by atoms with Gasteiger partial charge < -0.3 is 10.4 Å². The minimum Gasteiger partial charge on any atom is -0.392 e. The Hall–Kier alpha value is -2.50. The molecular formula is C28H35N3O2. The van der Waals surface area contributed by atoms with Gasteiger partial charge in [0.15, 0.2) is 0 Å². The Morgan fingerprint density at radius 3 is 2.82 bits per heavy atom. The fourth-order valence-corrected chi connectivity index (χ4v) is 6.38. The van der Waals surface area contributed by atoms with E-state index in [1.165, 1.54) is 11.1 Å². The lowest BCUT2D eigenvalue weighted by molar-refractivity contribution is -0.155. The van der Waals surface area contributed by atoms with E-state index in [1.54, 1.807) is 13.1 Å². The van der Waals surface area contributed by atoms with Gasteiger partial charge in [-0.25, -0.2) is 0 Å². The number of hydrogen-bond donors (Lipinski definition) is 2. The molecule has 33 heavy (non-hydrogen) atoms. The topological polar surface area (TPSA) is 65.5 Å². The molecule has 2 aromatic rings. The number of rotatable bonds is 5. The van der Waals surface area contributed by atoms with Crippen molar-refractivity contribution in [3.8, 4) is 0 Å². The van der Waals surface area contributed by atoms with Gasteiger partial charge in [-0.1, -0.05) is 49.4 Å². The number of aliphatic hydroxyl groups excluding tert-OH is 1. The number of carbonyl (C=O) groups excluding carboxylic acids is 1. The van der Waals surface area contributed by atoms with Gasteiger partial charge in [-0.2, -0.15) is 0 Å². The maximum Gasteiger partial charge on any atom is 0.229 e. The number of nitrogens with zero attached hydrogens (tertiary/aromatic N) is 2. The third-order valence-corrected chi connectivity index (χ3v) is 8.58. The number of pyridine rings is 1. The van der Waals surface area contributed by atoms with Gasteiger partial charge in [0.2, 0.25) is 5.91 Å². The molecule has 1 saturated heterocycles. The van der Waals surface area contributed by atoms with Gasteiger partial charge in [0.05, 0.1) is 11.5 Å². The highest BCUT2D eigenvalue weighted by Crippen LogP contribution is 2.51. The average molecular weight is 446 g/mol. The van der Waals surface area contributed by atoms with Crippen LogP contribution in [0.3, 0.4) is 0 Å². The number of carbonyl (C=O) groups is 1. The monoisotopic (exact) mass is 445 g/mol. The van der Waals surface area contributed by atoms with Crippen LogP contribution in [0.5, 0.6) is 0 Å². The molecule has 0 radical (unpaired) electrons. The summed E-state index contributed by atoms with van der Waals surface area (Å²) in [6.07, 6.45) is 10.2. The molecule has 2 aliphatic carbocycles. The van der Waals surface area contributed by atoms with E-state index in [0.29, 0.717) is 31.3 Å². The van der Waals surface area contributed by atoms with Gasteiger partial charge in [-0.3, -0.25) is 14.7 Å². The van der Waals surface area contributed by atoms with E-state index in [9.17, 15) is 9.90 Å². The quantitative estimate of drug-likeness (QED) is 0.734. The Balaban J connectivity index is 1.22. The van der Waals surface area contributed by atoms with Crippen molar-refractivity contribution in [2.24, 2.45) is 11.3 Å². The van der Waals surface area contributed by atoms with Gasteiger partial charge in [-0.15, -0.1) is 0 Å². The van der Waals surface area contributed by atoms with Crippen LogP contribution in [0.4, 0.5) is 0 Å². The first kappa shape index (κ1) is 22.3. The fraction of sp³-hybridized carbons (Fsp3) is 0.500. The first-order valence-electron chi connectivity index (χ1n) is 12.2. The molecule has 2 heterocycles. The smallest absolute Gasteiger partial charge is 0.229 e. The van der Waals surface area contributed by atoms with Crippen LogP contribution in [-0.2, 0) is 16.8 Å². The Morgan fingerprint density at radius 1 is 1.30 bits per heavy atom. The average Bonchev–Trinajstić information content (AvgIpc) is 3.13. The zero-order valence-corrected chi connectivity index (χ0v) is 19.9. The summed E-state index contributed by atoms with van der Waals surface area (Å²) < 4.78 is 0. The summed E-state index contributed by atoms with van der Waals surface area (Å²) in [6, 6.07) is 11.2. The number of piperidine rings is 1. The SMILES string of the molecule is Cc1cncc(CNC(=O)C2(C(C)O)CC(N3CC[C@@]4(C=Cc5ccccc54)[C@@H](C)C3)C2)c1. The summed E-state index contributed by atoms with van der Waals surface area (Å²) >= 11 is 0. The number of benzene rings is 1. The molecule has 1 aromatic carbocycles. The maximum atomic E-state index is 13.2. The van der Waals surface area contributed by atoms with Crippen LogP contribution in [0.2, 0.25) is 0 Å². The Labute approximate surface area is 196 Å². The standard InChI is InChI=1S/C28H35N3O2/c1-19-12-22(16-29-15-19)17-30-26(33)28(21(3)32)13-24(14-28)31-11-10-27(20(2)18-31)9-8-23-6-4-5-7-25(23)27/h4-9,12,15-16,20-21,24,32H,10-11,13-14,17-18H2,1-3H3,(H,30,33)/t20-,21?,24?,27-,28?/m0/s1. The molecule has 1 aliphatic heterocycles. The molecule has 1 spiro atoms. The van der Waals surface area contributed by atoms with Gasteiger partial charge in [-0.05, 0) is 67.8 Å². The second-order valence-electron chi connectivity index (χ2n) is 10.6. The van der Waals surface area contributed by atoms with Crippen molar-refractivity contribution in [2.45, 2.75) is 64.1 Å². The molecule has 0 bridgehead atoms. The number of aryl methyl sites for hydroxylation is 1. The number of nitrogens with one attached hydrogen (secondary N) is 1. The molecule has 3 atom stereocenters. The molecule has 5 rings (SSSR count). The highest BCUT2D eigenvalue weighted by Gasteiger charge is 2.56. The van der Waals surface area contributed by atoms with Crippen LogP contribution in [-0.4, -0.2) is 46.1 Å². The zero-order chi connectivity index (χ0) is 23.2. The first-order chi connectivity index (χ1) is 15.8. The third-order valence-electron chi connectivity index (χ3n) is 8.58. The van der Waals surface area contributed by atoms with E-state index < -0.39 is 11.5 Å². The molecule has 5 nitrogen and oxygen atoms in total. The minimum absolute atomic E-state index is 0.0376. The second kappa shape index (κ2) is 8.37. The number of allylic oxidation sites excluding steroid dienone is 1. The van der Waals surface area contributed by atoms with Crippen LogP contribution >= 0.6 is 0 Å². The van der Waals surface area contributed by atoms with Gasteiger partial charge in [0.1, 0.15) is 0 Å². The van der Waals surface area contributed by atoms with E-state index in [4.69, 9.17) is 0 Å². The number of likely N-dealkylation sites (tertiary alicyclic amines) is 1. The summed E-state index contributed by atoms with van der Waals surface area (Å²) in [6.45, 7) is 8.62. The van der Waals surface area contributed by atoms with E-state index in [-0.39, 0.29) is 11.3 Å². The van der Waals surface area contributed by atoms with Crippen LogP contribution in [0.1, 0.15) is 55.4 Å². The molecule has 1 unspecified atom stereocenters. The third kappa shape index (κ3) is 3.71. The van der Waals surface area contributed by atoms with Crippen LogP contribution < -0.4 is 5.32 Å². The van der Waals surface area contributed by atoms with E-state index in [2.05, 4.69) is 58.5 Å². The first-order valence-corrected chi connectivity index (χ1v) is 12.2. The van der Waals surface area contributed by atoms with Gasteiger partial charge >= 0.3 is 0 Å². The molecular weight excluding hydrogens is 410 g/mol. The fourth-order valence-electron chi connectivity index (χ4n) is 6.38. The second-order valence-corrected chi connectivity index (χ2v) is 10.6. The number of aliphatic hydroxyl groups is 1. The van der Waals surface area contributed by atoms with Gasteiger partial charge in [0.25, 0.3) is 0 Å². The van der Waals surface area contributed by atoms with Crippen LogP contribution in [0, 0.1) is 18.3 Å². The number of hydrogen-bond acceptors (Lipinski definition) is 4. The highest BCUT2D eigenvalue weighted by molar-refractivity contribution is 5.84. The predicted octanol–water partition coefficient (Wildman–Crippen LogP) is 3.84. The van der Waals surface area contributed by atoms with Crippen molar-refractivity contribution in [1.29, 1.82) is 0 Å². The Morgan fingerprint density at radius 2 is 2.09 bits per heavy atom. The summed E-state index contributed by atoms with van der Waals surface area (Å²) in [5.41, 5.74) is 4.33.